The molecular weight excluding hydrogens is 250 g/mol. The number of ether oxygens (including phenoxy) is 2. The summed E-state index contributed by atoms with van der Waals surface area (Å²) in [6.07, 6.45) is 2.47. The molecule has 1 saturated heterocycles. The number of rotatable bonds is 5. The summed E-state index contributed by atoms with van der Waals surface area (Å²) >= 11 is 0. The molecule has 0 bridgehead atoms. The van der Waals surface area contributed by atoms with Gasteiger partial charge in [0.25, 0.3) is 0 Å². The number of aliphatic carboxylic acids is 1. The summed E-state index contributed by atoms with van der Waals surface area (Å²) in [4.78, 5) is 24.4. The van der Waals surface area contributed by atoms with Gasteiger partial charge < -0.3 is 19.5 Å². The summed E-state index contributed by atoms with van der Waals surface area (Å²) in [5.41, 5.74) is -0.621. The Kier molecular flexibility index (Phi) is 3.80. The Balaban J connectivity index is 1.98. The third-order valence-corrected chi connectivity index (χ3v) is 4.19. The van der Waals surface area contributed by atoms with Crippen molar-refractivity contribution in [3.05, 3.63) is 12.7 Å². The summed E-state index contributed by atoms with van der Waals surface area (Å²) in [5.74, 6) is -0.780. The smallest absolute Gasteiger partial charge is 0.410 e. The average molecular weight is 269 g/mol. The second-order valence-electron chi connectivity index (χ2n) is 5.07. The van der Waals surface area contributed by atoms with Gasteiger partial charge in [-0.25, -0.2) is 4.79 Å². The van der Waals surface area contributed by atoms with Crippen LogP contribution in [0.15, 0.2) is 12.7 Å². The Hall–Kier alpha value is -1.56. The van der Waals surface area contributed by atoms with Crippen LogP contribution < -0.4 is 0 Å². The Morgan fingerprint density at radius 3 is 2.89 bits per heavy atom. The van der Waals surface area contributed by atoms with Crippen molar-refractivity contribution in [2.24, 2.45) is 5.92 Å². The quantitative estimate of drug-likeness (QED) is 0.760. The van der Waals surface area contributed by atoms with Crippen molar-refractivity contribution in [2.45, 2.75) is 30.9 Å². The molecule has 0 aromatic carbocycles. The first-order valence-corrected chi connectivity index (χ1v) is 6.35. The highest BCUT2D eigenvalue weighted by atomic mass is 16.6. The fourth-order valence-electron chi connectivity index (χ4n) is 3.27. The topological polar surface area (TPSA) is 76.1 Å². The Morgan fingerprint density at radius 2 is 2.32 bits per heavy atom. The molecule has 1 saturated carbocycles. The third-order valence-electron chi connectivity index (χ3n) is 4.19. The molecule has 1 heterocycles. The molecule has 0 unspecified atom stereocenters. The summed E-state index contributed by atoms with van der Waals surface area (Å²) < 4.78 is 10.5. The fourth-order valence-corrected chi connectivity index (χ4v) is 3.27. The maximum atomic E-state index is 11.8. The molecule has 3 atom stereocenters. The minimum Gasteiger partial charge on any atom is -0.481 e. The number of carboxylic acid groups (broad SMARTS) is 1. The molecule has 6 nitrogen and oxygen atoms in total. The van der Waals surface area contributed by atoms with Crippen LogP contribution in [-0.4, -0.2) is 54.0 Å². The first kappa shape index (κ1) is 13.9. The van der Waals surface area contributed by atoms with E-state index in [1.807, 2.05) is 0 Å². The van der Waals surface area contributed by atoms with Crippen molar-refractivity contribution >= 4 is 12.1 Å². The highest BCUT2D eigenvalue weighted by Gasteiger charge is 2.61. The molecule has 0 aromatic heterocycles. The lowest BCUT2D eigenvalue weighted by Crippen LogP contribution is -2.61. The van der Waals surface area contributed by atoms with Crippen molar-refractivity contribution in [2.75, 3.05) is 20.3 Å². The molecule has 2 aliphatic rings. The molecule has 1 amide bonds. The van der Waals surface area contributed by atoms with Crippen LogP contribution in [0.5, 0.6) is 0 Å². The summed E-state index contributed by atoms with van der Waals surface area (Å²) in [7, 11) is 1.54. The van der Waals surface area contributed by atoms with E-state index >= 15 is 0 Å². The SMILES string of the molecule is C=CCOC(=O)N1CC[C@H]2[C@@H]1C[C@]2(CC(=O)O)OC. The zero-order valence-corrected chi connectivity index (χ0v) is 11.0. The lowest BCUT2D eigenvalue weighted by atomic mass is 9.64. The van der Waals surface area contributed by atoms with E-state index in [9.17, 15) is 9.59 Å². The number of nitrogens with zero attached hydrogens (tertiary/aromatic N) is 1. The number of carbonyl (C=O) groups excluding carboxylic acids is 1. The van der Waals surface area contributed by atoms with Crippen molar-refractivity contribution in [3.63, 3.8) is 0 Å². The average Bonchev–Trinajstić information content (AvgIpc) is 2.71. The number of amides is 1. The van der Waals surface area contributed by atoms with Gasteiger partial charge >= 0.3 is 12.1 Å². The van der Waals surface area contributed by atoms with E-state index in [-0.39, 0.29) is 31.1 Å². The van der Waals surface area contributed by atoms with Crippen LogP contribution in [0.3, 0.4) is 0 Å². The standard InChI is InChI=1S/C13H19NO5/c1-3-6-19-12(17)14-5-4-9-10(14)7-13(9,18-2)8-11(15)16/h3,9-10H,1,4-8H2,2H3,(H,15,16)/t9-,10-,13+/m0/s1. The van der Waals surface area contributed by atoms with Gasteiger partial charge in [-0.3, -0.25) is 4.79 Å². The van der Waals surface area contributed by atoms with E-state index in [0.29, 0.717) is 13.0 Å². The third kappa shape index (κ3) is 2.32. The fraction of sp³-hybridized carbons (Fsp3) is 0.692. The van der Waals surface area contributed by atoms with Gasteiger partial charge in [-0.15, -0.1) is 0 Å². The zero-order valence-electron chi connectivity index (χ0n) is 11.0. The number of fused-ring (bicyclic) bond motifs is 1. The van der Waals surface area contributed by atoms with Gasteiger partial charge in [0.15, 0.2) is 0 Å². The van der Waals surface area contributed by atoms with Crippen LogP contribution in [0, 0.1) is 5.92 Å². The molecule has 2 rings (SSSR count). The van der Waals surface area contributed by atoms with E-state index in [2.05, 4.69) is 6.58 Å². The molecule has 6 heteroatoms. The largest absolute Gasteiger partial charge is 0.481 e. The van der Waals surface area contributed by atoms with Crippen molar-refractivity contribution in [3.8, 4) is 0 Å². The van der Waals surface area contributed by atoms with Crippen molar-refractivity contribution in [1.82, 2.24) is 4.90 Å². The van der Waals surface area contributed by atoms with E-state index in [4.69, 9.17) is 14.6 Å². The van der Waals surface area contributed by atoms with Gasteiger partial charge in [0.2, 0.25) is 0 Å². The van der Waals surface area contributed by atoms with Crippen molar-refractivity contribution < 1.29 is 24.2 Å². The molecule has 1 N–H and O–H groups in total. The van der Waals surface area contributed by atoms with Crippen LogP contribution >= 0.6 is 0 Å². The molecule has 1 aliphatic carbocycles. The van der Waals surface area contributed by atoms with Gasteiger partial charge in [0.1, 0.15) is 6.61 Å². The second kappa shape index (κ2) is 5.21. The monoisotopic (exact) mass is 269 g/mol. The lowest BCUT2D eigenvalue weighted by molar-refractivity contribution is -0.170. The highest BCUT2D eigenvalue weighted by molar-refractivity contribution is 5.71. The molecule has 1 aliphatic heterocycles. The van der Waals surface area contributed by atoms with E-state index < -0.39 is 11.6 Å². The Bertz CT molecular complexity index is 396. The normalized spacial score (nSPS) is 32.4. The maximum absolute atomic E-state index is 11.8. The number of hydrogen-bond donors (Lipinski definition) is 1. The highest BCUT2D eigenvalue weighted by Crippen LogP contribution is 2.52. The van der Waals surface area contributed by atoms with Crippen LogP contribution in [0.1, 0.15) is 19.3 Å². The predicted octanol–water partition coefficient (Wildman–Crippen LogP) is 1.26. The lowest BCUT2D eigenvalue weighted by Gasteiger charge is -2.51. The van der Waals surface area contributed by atoms with Gasteiger partial charge in [-0.05, 0) is 12.8 Å². The minimum absolute atomic E-state index is 0.0137. The minimum atomic E-state index is -0.868. The van der Waals surface area contributed by atoms with Crippen molar-refractivity contribution in [1.29, 1.82) is 0 Å². The molecule has 19 heavy (non-hydrogen) atoms. The number of likely N-dealkylation sites (tertiary alicyclic amines) is 1. The molecule has 106 valence electrons. The van der Waals surface area contributed by atoms with Crippen LogP contribution in [-0.2, 0) is 14.3 Å². The Morgan fingerprint density at radius 1 is 1.58 bits per heavy atom. The van der Waals surface area contributed by atoms with E-state index in [1.165, 1.54) is 13.2 Å². The van der Waals surface area contributed by atoms with Crippen LogP contribution in [0.25, 0.3) is 0 Å². The maximum Gasteiger partial charge on any atom is 0.410 e. The number of carbonyl (C=O) groups is 2. The Labute approximate surface area is 112 Å². The van der Waals surface area contributed by atoms with Crippen LogP contribution in [0.2, 0.25) is 0 Å². The van der Waals surface area contributed by atoms with Gasteiger partial charge in [0, 0.05) is 25.6 Å². The number of carboxylic acids is 1. The molecular formula is C13H19NO5. The first-order chi connectivity index (χ1) is 9.04. The number of hydrogen-bond acceptors (Lipinski definition) is 4. The summed E-state index contributed by atoms with van der Waals surface area (Å²) in [6, 6.07) is 0.0385. The first-order valence-electron chi connectivity index (χ1n) is 6.35. The summed E-state index contributed by atoms with van der Waals surface area (Å²) in [5, 5.41) is 8.96. The molecule has 0 aromatic rings. The van der Waals surface area contributed by atoms with Gasteiger partial charge in [-0.1, -0.05) is 12.7 Å². The molecule has 0 spiro atoms. The van der Waals surface area contributed by atoms with E-state index in [0.717, 1.165) is 6.42 Å². The molecule has 0 radical (unpaired) electrons. The number of methoxy groups -OCH3 is 1. The molecule has 2 fully saturated rings. The van der Waals surface area contributed by atoms with Gasteiger partial charge in [-0.2, -0.15) is 0 Å². The van der Waals surface area contributed by atoms with Gasteiger partial charge in [0.05, 0.1) is 12.0 Å². The van der Waals surface area contributed by atoms with E-state index in [1.54, 1.807) is 4.90 Å². The summed E-state index contributed by atoms with van der Waals surface area (Å²) in [6.45, 7) is 4.28. The second-order valence-corrected chi connectivity index (χ2v) is 5.07. The predicted molar refractivity (Wildman–Crippen MR) is 66.8 cm³/mol. The zero-order chi connectivity index (χ0) is 14.0. The van der Waals surface area contributed by atoms with Crippen LogP contribution in [0.4, 0.5) is 4.79 Å².